The predicted molar refractivity (Wildman–Crippen MR) is 121 cm³/mol. The summed E-state index contributed by atoms with van der Waals surface area (Å²) in [6.07, 6.45) is 1.14. The van der Waals surface area contributed by atoms with Crippen molar-refractivity contribution in [1.29, 1.82) is 0 Å². The van der Waals surface area contributed by atoms with Crippen molar-refractivity contribution < 1.29 is 14.3 Å². The summed E-state index contributed by atoms with van der Waals surface area (Å²) in [6.45, 7) is 3.29. The minimum Gasteiger partial charge on any atom is -0.496 e. The van der Waals surface area contributed by atoms with E-state index in [4.69, 9.17) is 9.72 Å². The molecule has 2 amide bonds. The largest absolute Gasteiger partial charge is 0.496 e. The summed E-state index contributed by atoms with van der Waals surface area (Å²) in [5.74, 6) is 0.800. The number of amides is 2. The molecule has 6 heteroatoms. The molecule has 1 aliphatic rings. The summed E-state index contributed by atoms with van der Waals surface area (Å²) in [5.41, 5.74) is 4.29. The molecule has 160 valence electrons. The van der Waals surface area contributed by atoms with Crippen molar-refractivity contribution in [2.75, 3.05) is 27.2 Å². The van der Waals surface area contributed by atoms with Gasteiger partial charge in [-0.25, -0.2) is 0 Å². The third-order valence-corrected chi connectivity index (χ3v) is 5.94. The second kappa shape index (κ2) is 8.76. The summed E-state index contributed by atoms with van der Waals surface area (Å²) in [7, 11) is 3.26. The van der Waals surface area contributed by atoms with Crippen LogP contribution in [-0.2, 0) is 11.2 Å². The van der Waals surface area contributed by atoms with Gasteiger partial charge in [0.15, 0.2) is 0 Å². The lowest BCUT2D eigenvalue weighted by atomic mass is 9.99. The molecule has 0 aliphatic carbocycles. The highest BCUT2D eigenvalue weighted by atomic mass is 16.5. The van der Waals surface area contributed by atoms with E-state index in [1.54, 1.807) is 14.2 Å². The first-order valence-corrected chi connectivity index (χ1v) is 10.5. The molecule has 31 heavy (non-hydrogen) atoms. The lowest BCUT2D eigenvalue weighted by Crippen LogP contribution is -2.30. The molecule has 1 saturated heterocycles. The van der Waals surface area contributed by atoms with Crippen molar-refractivity contribution in [2.45, 2.75) is 25.7 Å². The SMILES string of the molecule is CNC(=O)c1cc([C@@H]2CCN(C(=O)Cc3cc(C)ccc3OC)C2)nc2ccccc12. The Morgan fingerprint density at radius 2 is 2.00 bits per heavy atom. The summed E-state index contributed by atoms with van der Waals surface area (Å²) in [4.78, 5) is 32.1. The van der Waals surface area contributed by atoms with E-state index in [1.165, 1.54) is 0 Å². The maximum absolute atomic E-state index is 13.0. The number of carbonyl (C=O) groups is 2. The number of ether oxygens (including phenoxy) is 1. The minimum absolute atomic E-state index is 0.0821. The van der Waals surface area contributed by atoms with E-state index in [1.807, 2.05) is 60.4 Å². The lowest BCUT2D eigenvalue weighted by Gasteiger charge is -2.18. The van der Waals surface area contributed by atoms with Crippen LogP contribution >= 0.6 is 0 Å². The highest BCUT2D eigenvalue weighted by Crippen LogP contribution is 2.30. The third-order valence-electron chi connectivity index (χ3n) is 5.94. The molecular formula is C25H27N3O3. The van der Waals surface area contributed by atoms with Gasteiger partial charge in [-0.1, -0.05) is 35.9 Å². The van der Waals surface area contributed by atoms with Crippen LogP contribution in [0.1, 0.15) is 39.5 Å². The molecule has 2 heterocycles. The van der Waals surface area contributed by atoms with Gasteiger partial charge in [-0.3, -0.25) is 14.6 Å². The first-order chi connectivity index (χ1) is 15.0. The number of aromatic nitrogens is 1. The fourth-order valence-corrected chi connectivity index (χ4v) is 4.28. The van der Waals surface area contributed by atoms with Gasteiger partial charge in [0.25, 0.3) is 5.91 Å². The van der Waals surface area contributed by atoms with E-state index >= 15 is 0 Å². The standard InChI is InChI=1S/C25H27N3O3/c1-16-8-9-23(31-3)18(12-16)13-24(29)28-11-10-17(15-28)22-14-20(25(30)26-2)19-6-4-5-7-21(19)27-22/h4-9,12,14,17H,10-11,13,15H2,1-3H3,(H,26,30)/t17-/m1/s1. The minimum atomic E-state index is -0.127. The number of nitrogens with zero attached hydrogens (tertiary/aromatic N) is 2. The van der Waals surface area contributed by atoms with Crippen molar-refractivity contribution in [3.05, 3.63) is 70.9 Å². The molecule has 0 spiro atoms. The molecule has 0 saturated carbocycles. The average molecular weight is 418 g/mol. The Morgan fingerprint density at radius 1 is 1.19 bits per heavy atom. The Morgan fingerprint density at radius 3 is 2.77 bits per heavy atom. The van der Waals surface area contributed by atoms with Crippen molar-refractivity contribution >= 4 is 22.7 Å². The van der Waals surface area contributed by atoms with Gasteiger partial charge in [-0.2, -0.15) is 0 Å². The number of carbonyl (C=O) groups excluding carboxylic acids is 2. The maximum Gasteiger partial charge on any atom is 0.251 e. The molecule has 4 rings (SSSR count). The molecule has 2 aromatic carbocycles. The van der Waals surface area contributed by atoms with Gasteiger partial charge in [0, 0.05) is 42.7 Å². The topological polar surface area (TPSA) is 71.5 Å². The zero-order chi connectivity index (χ0) is 22.0. The number of nitrogens with one attached hydrogen (secondary N) is 1. The molecule has 0 unspecified atom stereocenters. The molecule has 1 atom stereocenters. The molecule has 6 nitrogen and oxygen atoms in total. The van der Waals surface area contributed by atoms with Gasteiger partial charge in [0.05, 0.1) is 24.6 Å². The highest BCUT2D eigenvalue weighted by molar-refractivity contribution is 6.06. The maximum atomic E-state index is 13.0. The summed E-state index contributed by atoms with van der Waals surface area (Å²) in [6, 6.07) is 15.4. The number of pyridine rings is 1. The van der Waals surface area contributed by atoms with Gasteiger partial charge in [0.2, 0.25) is 5.91 Å². The lowest BCUT2D eigenvalue weighted by molar-refractivity contribution is -0.129. The number of para-hydroxylation sites is 1. The third kappa shape index (κ3) is 4.24. The Bertz CT molecular complexity index is 1140. The van der Waals surface area contributed by atoms with Gasteiger partial charge in [0.1, 0.15) is 5.75 Å². The van der Waals surface area contributed by atoms with Crippen molar-refractivity contribution in [3.8, 4) is 5.75 Å². The molecular weight excluding hydrogens is 390 g/mol. The van der Waals surface area contributed by atoms with E-state index in [2.05, 4.69) is 5.32 Å². The number of hydrogen-bond donors (Lipinski definition) is 1. The zero-order valence-corrected chi connectivity index (χ0v) is 18.1. The van der Waals surface area contributed by atoms with Gasteiger partial charge < -0.3 is 15.0 Å². The second-order valence-corrected chi connectivity index (χ2v) is 8.01. The Labute approximate surface area is 182 Å². The first kappa shape index (κ1) is 20.8. The number of likely N-dealkylation sites (tertiary alicyclic amines) is 1. The van der Waals surface area contributed by atoms with E-state index in [0.29, 0.717) is 25.1 Å². The average Bonchev–Trinajstić information content (AvgIpc) is 3.28. The van der Waals surface area contributed by atoms with Crippen LogP contribution in [0, 0.1) is 6.92 Å². The quantitative estimate of drug-likeness (QED) is 0.690. The van der Waals surface area contributed by atoms with E-state index in [0.717, 1.165) is 39.9 Å². The highest BCUT2D eigenvalue weighted by Gasteiger charge is 2.29. The van der Waals surface area contributed by atoms with E-state index < -0.39 is 0 Å². The predicted octanol–water partition coefficient (Wildman–Crippen LogP) is 3.47. The number of fused-ring (bicyclic) bond motifs is 1. The molecule has 0 radical (unpaired) electrons. The van der Waals surface area contributed by atoms with Gasteiger partial charge in [-0.15, -0.1) is 0 Å². The number of benzene rings is 2. The van der Waals surface area contributed by atoms with Crippen LogP contribution in [0.4, 0.5) is 0 Å². The normalized spacial score (nSPS) is 15.8. The summed E-state index contributed by atoms with van der Waals surface area (Å²) in [5, 5.41) is 3.55. The molecule has 1 aliphatic heterocycles. The van der Waals surface area contributed by atoms with Crippen LogP contribution < -0.4 is 10.1 Å². The monoisotopic (exact) mass is 417 g/mol. The van der Waals surface area contributed by atoms with E-state index in [-0.39, 0.29) is 17.7 Å². The number of methoxy groups -OCH3 is 1. The Balaban J connectivity index is 1.55. The molecule has 1 N–H and O–H groups in total. The zero-order valence-electron chi connectivity index (χ0n) is 18.1. The summed E-state index contributed by atoms with van der Waals surface area (Å²) >= 11 is 0. The molecule has 1 aromatic heterocycles. The van der Waals surface area contributed by atoms with Crippen LogP contribution in [-0.4, -0.2) is 48.9 Å². The van der Waals surface area contributed by atoms with Crippen molar-refractivity contribution in [1.82, 2.24) is 15.2 Å². The number of rotatable bonds is 5. The molecule has 1 fully saturated rings. The van der Waals surface area contributed by atoms with Crippen molar-refractivity contribution in [2.24, 2.45) is 0 Å². The Kier molecular flexibility index (Phi) is 5.89. The van der Waals surface area contributed by atoms with Crippen LogP contribution in [0.2, 0.25) is 0 Å². The fourth-order valence-electron chi connectivity index (χ4n) is 4.28. The van der Waals surface area contributed by atoms with Crippen molar-refractivity contribution in [3.63, 3.8) is 0 Å². The number of aryl methyl sites for hydroxylation is 1. The second-order valence-electron chi connectivity index (χ2n) is 8.01. The summed E-state index contributed by atoms with van der Waals surface area (Å²) < 4.78 is 5.42. The molecule has 3 aromatic rings. The number of hydrogen-bond acceptors (Lipinski definition) is 4. The van der Waals surface area contributed by atoms with Crippen LogP contribution in [0.5, 0.6) is 5.75 Å². The van der Waals surface area contributed by atoms with Crippen LogP contribution in [0.15, 0.2) is 48.5 Å². The van der Waals surface area contributed by atoms with E-state index in [9.17, 15) is 9.59 Å². The van der Waals surface area contributed by atoms with Crippen LogP contribution in [0.25, 0.3) is 10.9 Å². The fraction of sp³-hybridized carbons (Fsp3) is 0.320. The van der Waals surface area contributed by atoms with Gasteiger partial charge >= 0.3 is 0 Å². The molecule has 0 bridgehead atoms. The Hall–Kier alpha value is -3.41. The smallest absolute Gasteiger partial charge is 0.251 e. The van der Waals surface area contributed by atoms with Gasteiger partial charge in [-0.05, 0) is 31.5 Å². The first-order valence-electron chi connectivity index (χ1n) is 10.5. The van der Waals surface area contributed by atoms with Crippen LogP contribution in [0.3, 0.4) is 0 Å².